The van der Waals surface area contributed by atoms with Crippen LogP contribution >= 0.6 is 0 Å². The SMILES string of the molecule is NC(Cc1ccccc1)c1ccccc1.N[C@@H](CO)c1ccccc1. The Hall–Kier alpha value is -2.46. The quantitative estimate of drug-likeness (QED) is 0.667. The van der Waals surface area contributed by atoms with E-state index in [0.29, 0.717) is 0 Å². The highest BCUT2D eigenvalue weighted by atomic mass is 16.3. The molecule has 0 heterocycles. The van der Waals surface area contributed by atoms with Crippen molar-refractivity contribution in [3.63, 3.8) is 0 Å². The zero-order valence-corrected chi connectivity index (χ0v) is 14.3. The number of aliphatic hydroxyl groups excluding tert-OH is 1. The van der Waals surface area contributed by atoms with Gasteiger partial charge in [0.15, 0.2) is 0 Å². The van der Waals surface area contributed by atoms with Crippen molar-refractivity contribution in [2.24, 2.45) is 11.5 Å². The lowest BCUT2D eigenvalue weighted by molar-refractivity contribution is 0.268. The van der Waals surface area contributed by atoms with E-state index in [2.05, 4.69) is 24.3 Å². The maximum Gasteiger partial charge on any atom is 0.0624 e. The van der Waals surface area contributed by atoms with Crippen LogP contribution in [0.5, 0.6) is 0 Å². The molecule has 0 aromatic heterocycles. The number of hydrogen-bond acceptors (Lipinski definition) is 3. The summed E-state index contributed by atoms with van der Waals surface area (Å²) >= 11 is 0. The van der Waals surface area contributed by atoms with Gasteiger partial charge in [0, 0.05) is 6.04 Å². The fourth-order valence-corrected chi connectivity index (χ4v) is 2.49. The lowest BCUT2D eigenvalue weighted by atomic mass is 10.00. The van der Waals surface area contributed by atoms with E-state index in [4.69, 9.17) is 16.6 Å². The molecule has 0 aliphatic heterocycles. The molecule has 0 amide bonds. The molecule has 0 aliphatic rings. The Balaban J connectivity index is 0.000000196. The van der Waals surface area contributed by atoms with Crippen molar-refractivity contribution in [2.45, 2.75) is 18.5 Å². The maximum atomic E-state index is 8.66. The van der Waals surface area contributed by atoms with Gasteiger partial charge in [-0.1, -0.05) is 91.0 Å². The average Bonchev–Trinajstić information content (AvgIpc) is 2.70. The molecule has 0 bridgehead atoms. The molecule has 0 radical (unpaired) electrons. The molecular formula is C22H26N2O. The van der Waals surface area contributed by atoms with Crippen LogP contribution in [0.3, 0.4) is 0 Å². The van der Waals surface area contributed by atoms with E-state index < -0.39 is 0 Å². The topological polar surface area (TPSA) is 72.3 Å². The van der Waals surface area contributed by atoms with Crippen molar-refractivity contribution in [2.75, 3.05) is 6.61 Å². The third kappa shape index (κ3) is 6.51. The van der Waals surface area contributed by atoms with Crippen LogP contribution in [-0.2, 0) is 6.42 Å². The van der Waals surface area contributed by atoms with Gasteiger partial charge in [0.25, 0.3) is 0 Å². The van der Waals surface area contributed by atoms with E-state index in [1.807, 2.05) is 66.7 Å². The third-order valence-electron chi connectivity index (χ3n) is 3.95. The molecular weight excluding hydrogens is 308 g/mol. The highest BCUT2D eigenvalue weighted by Crippen LogP contribution is 2.15. The lowest BCUT2D eigenvalue weighted by Gasteiger charge is -2.11. The Kier molecular flexibility index (Phi) is 7.86. The van der Waals surface area contributed by atoms with Crippen LogP contribution in [-0.4, -0.2) is 11.7 Å². The smallest absolute Gasteiger partial charge is 0.0624 e. The van der Waals surface area contributed by atoms with Crippen LogP contribution < -0.4 is 11.5 Å². The van der Waals surface area contributed by atoms with Gasteiger partial charge in [-0.05, 0) is 23.1 Å². The first kappa shape index (κ1) is 18.9. The minimum absolute atomic E-state index is 0.00398. The van der Waals surface area contributed by atoms with Gasteiger partial charge in [-0.2, -0.15) is 0 Å². The summed E-state index contributed by atoms with van der Waals surface area (Å²) < 4.78 is 0. The van der Waals surface area contributed by atoms with Gasteiger partial charge in [-0.3, -0.25) is 0 Å². The zero-order chi connectivity index (χ0) is 17.9. The molecule has 3 aromatic rings. The molecule has 0 aliphatic carbocycles. The monoisotopic (exact) mass is 334 g/mol. The van der Waals surface area contributed by atoms with Crippen molar-refractivity contribution in [3.05, 3.63) is 108 Å². The van der Waals surface area contributed by atoms with Crippen LogP contribution in [0, 0.1) is 0 Å². The molecule has 1 unspecified atom stereocenters. The molecule has 3 rings (SSSR count). The largest absolute Gasteiger partial charge is 0.394 e. The zero-order valence-electron chi connectivity index (χ0n) is 14.3. The van der Waals surface area contributed by atoms with Gasteiger partial charge in [-0.25, -0.2) is 0 Å². The standard InChI is InChI=1S/C14H15N.C8H11NO/c15-14(13-9-5-2-6-10-13)11-12-7-3-1-4-8-12;9-8(6-10)7-4-2-1-3-5-7/h1-10,14H,11,15H2;1-5,8,10H,6,9H2/t;8-/m.0/s1. The Bertz CT molecular complexity index is 702. The molecule has 130 valence electrons. The first-order valence-electron chi connectivity index (χ1n) is 8.46. The van der Waals surface area contributed by atoms with Gasteiger partial charge >= 0.3 is 0 Å². The molecule has 2 atom stereocenters. The molecule has 0 spiro atoms. The van der Waals surface area contributed by atoms with Crippen LogP contribution in [0.15, 0.2) is 91.0 Å². The summed E-state index contributed by atoms with van der Waals surface area (Å²) in [5, 5.41) is 8.66. The fourth-order valence-electron chi connectivity index (χ4n) is 2.49. The molecule has 3 aromatic carbocycles. The van der Waals surface area contributed by atoms with Gasteiger partial charge in [0.2, 0.25) is 0 Å². The summed E-state index contributed by atoms with van der Waals surface area (Å²) in [7, 11) is 0. The lowest BCUT2D eigenvalue weighted by Crippen LogP contribution is -2.13. The third-order valence-corrected chi connectivity index (χ3v) is 3.95. The highest BCUT2D eigenvalue weighted by Gasteiger charge is 2.05. The second kappa shape index (κ2) is 10.4. The van der Waals surface area contributed by atoms with Crippen LogP contribution in [0.2, 0.25) is 0 Å². The van der Waals surface area contributed by atoms with Gasteiger partial charge in [0.05, 0.1) is 12.6 Å². The summed E-state index contributed by atoms with van der Waals surface area (Å²) in [4.78, 5) is 0. The van der Waals surface area contributed by atoms with E-state index in [0.717, 1.165) is 12.0 Å². The van der Waals surface area contributed by atoms with E-state index in [1.165, 1.54) is 11.1 Å². The molecule has 0 fully saturated rings. The van der Waals surface area contributed by atoms with Gasteiger partial charge < -0.3 is 16.6 Å². The maximum absolute atomic E-state index is 8.66. The molecule has 3 heteroatoms. The molecule has 5 N–H and O–H groups in total. The first-order valence-corrected chi connectivity index (χ1v) is 8.46. The van der Waals surface area contributed by atoms with E-state index in [-0.39, 0.29) is 18.7 Å². The first-order chi connectivity index (χ1) is 12.2. The van der Waals surface area contributed by atoms with Crippen molar-refractivity contribution < 1.29 is 5.11 Å². The van der Waals surface area contributed by atoms with Gasteiger partial charge in [-0.15, -0.1) is 0 Å². The Morgan fingerprint density at radius 1 is 0.600 bits per heavy atom. The fraction of sp³-hybridized carbons (Fsp3) is 0.182. The molecule has 0 saturated carbocycles. The Morgan fingerprint density at radius 3 is 1.44 bits per heavy atom. The molecule has 3 nitrogen and oxygen atoms in total. The summed E-state index contributed by atoms with van der Waals surface area (Å²) in [6.45, 7) is 0.00398. The second-order valence-corrected chi connectivity index (χ2v) is 5.91. The number of hydrogen-bond donors (Lipinski definition) is 3. The summed E-state index contributed by atoms with van der Waals surface area (Å²) in [6, 6.07) is 30.0. The van der Waals surface area contributed by atoms with Crippen molar-refractivity contribution >= 4 is 0 Å². The number of benzene rings is 3. The molecule has 0 saturated heterocycles. The predicted molar refractivity (Wildman–Crippen MR) is 104 cm³/mol. The van der Waals surface area contributed by atoms with Gasteiger partial charge in [0.1, 0.15) is 0 Å². The number of rotatable bonds is 5. The van der Waals surface area contributed by atoms with Crippen molar-refractivity contribution in [1.82, 2.24) is 0 Å². The summed E-state index contributed by atoms with van der Waals surface area (Å²) in [5.41, 5.74) is 15.1. The van der Waals surface area contributed by atoms with Crippen molar-refractivity contribution in [1.29, 1.82) is 0 Å². The number of nitrogens with two attached hydrogens (primary N) is 2. The second-order valence-electron chi connectivity index (χ2n) is 5.91. The highest BCUT2D eigenvalue weighted by molar-refractivity contribution is 5.23. The average molecular weight is 334 g/mol. The minimum atomic E-state index is -0.235. The van der Waals surface area contributed by atoms with Crippen LogP contribution in [0.25, 0.3) is 0 Å². The normalized spacial score (nSPS) is 12.6. The summed E-state index contributed by atoms with van der Waals surface area (Å²) in [5.74, 6) is 0. The van der Waals surface area contributed by atoms with Crippen molar-refractivity contribution in [3.8, 4) is 0 Å². The van der Waals surface area contributed by atoms with E-state index in [1.54, 1.807) is 0 Å². The van der Waals surface area contributed by atoms with Crippen LogP contribution in [0.1, 0.15) is 28.8 Å². The predicted octanol–water partition coefficient (Wildman–Crippen LogP) is 3.61. The minimum Gasteiger partial charge on any atom is -0.394 e. The van der Waals surface area contributed by atoms with E-state index in [9.17, 15) is 0 Å². The number of aliphatic hydroxyl groups is 1. The Labute approximate surface area is 149 Å². The summed E-state index contributed by atoms with van der Waals surface area (Å²) in [6.07, 6.45) is 0.894. The Morgan fingerprint density at radius 2 is 1.00 bits per heavy atom. The van der Waals surface area contributed by atoms with Crippen LogP contribution in [0.4, 0.5) is 0 Å². The molecule has 25 heavy (non-hydrogen) atoms. The van der Waals surface area contributed by atoms with E-state index >= 15 is 0 Å².